The average Bonchev–Trinajstić information content (AvgIpc) is 2.79. The molecule has 1 aromatic carbocycles. The van der Waals surface area contributed by atoms with Gasteiger partial charge in [-0.15, -0.1) is 0 Å². The molecule has 3 aliphatic rings. The number of benzene rings is 1. The van der Waals surface area contributed by atoms with Gasteiger partial charge in [0.1, 0.15) is 29.5 Å². The third kappa shape index (κ3) is 4.23. The lowest BCUT2D eigenvalue weighted by atomic mass is 9.59. The number of carbonyl (C=O) groups excluding carboxylic acids is 3. The predicted octanol–water partition coefficient (Wildman–Crippen LogP) is 1.32. The first kappa shape index (κ1) is 27.6. The lowest BCUT2D eigenvalue weighted by Crippen LogP contribution is -2.55. The number of carbonyl (C=O) groups is 3. The molecule has 206 valence electrons. The number of likely N-dealkylation sites (N-methyl/N-ethyl adjacent to an activating group) is 1. The summed E-state index contributed by atoms with van der Waals surface area (Å²) >= 11 is 0. The highest BCUT2D eigenvalue weighted by atomic mass is 19.1. The normalized spacial score (nSPS) is 25.1. The number of amides is 1. The van der Waals surface area contributed by atoms with E-state index >= 15 is 0 Å². The molecule has 1 fully saturated rings. The fraction of sp³-hybridized carbons (Fsp3) is 0.519. The first-order valence-corrected chi connectivity index (χ1v) is 12.5. The minimum atomic E-state index is -1.30. The van der Waals surface area contributed by atoms with Gasteiger partial charge in [-0.3, -0.25) is 24.2 Å². The fourth-order valence-corrected chi connectivity index (χ4v) is 6.40. The Balaban J connectivity index is 1.89. The maximum absolute atomic E-state index is 13.9. The number of aromatic hydroxyl groups is 1. The molecule has 11 heteroatoms. The molecule has 0 bridgehead atoms. The van der Waals surface area contributed by atoms with E-state index < -0.39 is 65.0 Å². The number of halogens is 1. The second-order valence-electron chi connectivity index (χ2n) is 10.9. The molecule has 1 saturated carbocycles. The van der Waals surface area contributed by atoms with Crippen molar-refractivity contribution in [3.63, 3.8) is 0 Å². The molecule has 1 amide bonds. The Labute approximate surface area is 220 Å². The van der Waals surface area contributed by atoms with Gasteiger partial charge in [-0.05, 0) is 57.5 Å². The molecule has 4 rings (SSSR count). The maximum atomic E-state index is 13.9. The van der Waals surface area contributed by atoms with Crippen LogP contribution in [0, 0.1) is 17.8 Å². The summed E-state index contributed by atoms with van der Waals surface area (Å²) in [6.45, 7) is -0.193. The van der Waals surface area contributed by atoms with Gasteiger partial charge < -0.3 is 26.0 Å². The van der Waals surface area contributed by atoms with Crippen molar-refractivity contribution < 1.29 is 34.1 Å². The second kappa shape index (κ2) is 10.0. The predicted molar refractivity (Wildman–Crippen MR) is 139 cm³/mol. The molecular weight excluding hydrogens is 495 g/mol. The zero-order valence-corrected chi connectivity index (χ0v) is 22.3. The molecule has 0 aliphatic heterocycles. The van der Waals surface area contributed by atoms with Crippen LogP contribution in [0.25, 0.3) is 5.76 Å². The number of aliphatic hydroxyl groups is 2. The molecule has 4 unspecified atom stereocenters. The topological polar surface area (TPSA) is 148 Å². The summed E-state index contributed by atoms with van der Waals surface area (Å²) in [6.07, 6.45) is 0.599. The van der Waals surface area contributed by atoms with Crippen molar-refractivity contribution in [3.05, 3.63) is 39.7 Å². The summed E-state index contributed by atoms with van der Waals surface area (Å²) in [5.74, 6) is -6.07. The van der Waals surface area contributed by atoms with Crippen molar-refractivity contribution in [1.82, 2.24) is 9.80 Å². The van der Waals surface area contributed by atoms with Crippen LogP contribution in [0.15, 0.2) is 23.0 Å². The number of ketones is 2. The summed E-state index contributed by atoms with van der Waals surface area (Å²) in [5.41, 5.74) is 6.82. The fourth-order valence-electron chi connectivity index (χ4n) is 6.40. The maximum Gasteiger partial charge on any atom is 0.255 e. The molecule has 1 aromatic rings. The molecule has 10 nitrogen and oxygen atoms in total. The smallest absolute Gasteiger partial charge is 0.255 e. The number of allylic oxidation sites excluding steroid dienone is 1. The third-order valence-electron chi connectivity index (χ3n) is 8.01. The van der Waals surface area contributed by atoms with Crippen LogP contribution >= 0.6 is 0 Å². The van der Waals surface area contributed by atoms with Crippen LogP contribution in [0.4, 0.5) is 10.1 Å². The zero-order valence-electron chi connectivity index (χ0n) is 22.3. The van der Waals surface area contributed by atoms with E-state index in [0.29, 0.717) is 17.5 Å². The van der Waals surface area contributed by atoms with Crippen LogP contribution in [0.2, 0.25) is 0 Å². The van der Waals surface area contributed by atoms with Gasteiger partial charge in [0, 0.05) is 44.0 Å². The van der Waals surface area contributed by atoms with Crippen molar-refractivity contribution in [3.8, 4) is 5.75 Å². The Morgan fingerprint density at radius 2 is 1.76 bits per heavy atom. The number of aliphatic hydroxyl groups excluding tert-OH is 2. The van der Waals surface area contributed by atoms with Gasteiger partial charge in [-0.25, -0.2) is 4.39 Å². The molecule has 0 aromatic heterocycles. The van der Waals surface area contributed by atoms with Gasteiger partial charge in [0.25, 0.3) is 5.91 Å². The molecule has 0 saturated heterocycles. The first-order chi connectivity index (χ1) is 17.8. The van der Waals surface area contributed by atoms with Gasteiger partial charge >= 0.3 is 0 Å². The van der Waals surface area contributed by atoms with Crippen LogP contribution in [0.5, 0.6) is 5.75 Å². The van der Waals surface area contributed by atoms with E-state index in [1.807, 2.05) is 19.0 Å². The molecule has 38 heavy (non-hydrogen) atoms. The number of primary amides is 1. The summed E-state index contributed by atoms with van der Waals surface area (Å²) < 4.78 is 12.9. The van der Waals surface area contributed by atoms with E-state index in [4.69, 9.17) is 5.73 Å². The van der Waals surface area contributed by atoms with E-state index in [2.05, 4.69) is 0 Å². The Hall–Kier alpha value is -3.44. The van der Waals surface area contributed by atoms with Crippen molar-refractivity contribution in [2.45, 2.75) is 25.4 Å². The lowest BCUT2D eigenvalue weighted by molar-refractivity contribution is -0.136. The Kier molecular flexibility index (Phi) is 7.28. The zero-order chi connectivity index (χ0) is 28.2. The number of fused-ring (bicyclic) bond motifs is 3. The second-order valence-corrected chi connectivity index (χ2v) is 10.9. The number of nitrogens with two attached hydrogens (primary N) is 1. The van der Waals surface area contributed by atoms with E-state index in [9.17, 15) is 34.1 Å². The van der Waals surface area contributed by atoms with Crippen molar-refractivity contribution in [1.29, 1.82) is 0 Å². The number of phenols is 1. The van der Waals surface area contributed by atoms with E-state index in [1.54, 1.807) is 37.0 Å². The van der Waals surface area contributed by atoms with Crippen LogP contribution in [-0.4, -0.2) is 97.1 Å². The molecule has 5 N–H and O–H groups in total. The molecule has 0 spiro atoms. The van der Waals surface area contributed by atoms with E-state index in [0.717, 1.165) is 5.69 Å². The third-order valence-corrected chi connectivity index (χ3v) is 8.01. The molecule has 0 radical (unpaired) electrons. The van der Waals surface area contributed by atoms with Crippen LogP contribution in [-0.2, 0) is 27.3 Å². The van der Waals surface area contributed by atoms with E-state index in [-0.39, 0.29) is 36.4 Å². The minimum Gasteiger partial charge on any atom is -0.510 e. The Bertz CT molecular complexity index is 1270. The van der Waals surface area contributed by atoms with Crippen molar-refractivity contribution >= 4 is 28.9 Å². The van der Waals surface area contributed by atoms with Gasteiger partial charge in [-0.1, -0.05) is 0 Å². The van der Waals surface area contributed by atoms with Gasteiger partial charge in [0.15, 0.2) is 11.6 Å². The van der Waals surface area contributed by atoms with Gasteiger partial charge in [-0.2, -0.15) is 0 Å². The van der Waals surface area contributed by atoms with Crippen molar-refractivity contribution in [2.24, 2.45) is 23.5 Å². The quantitative estimate of drug-likeness (QED) is 0.303. The number of rotatable bonds is 7. The van der Waals surface area contributed by atoms with Crippen molar-refractivity contribution in [2.75, 3.05) is 53.4 Å². The molecule has 3 aliphatic carbocycles. The Morgan fingerprint density at radius 1 is 1.11 bits per heavy atom. The molecule has 4 atom stereocenters. The number of anilines is 1. The number of alkyl halides is 1. The Morgan fingerprint density at radius 3 is 2.32 bits per heavy atom. The van der Waals surface area contributed by atoms with E-state index in [1.165, 1.54) is 0 Å². The highest BCUT2D eigenvalue weighted by Gasteiger charge is 2.55. The lowest BCUT2D eigenvalue weighted by Gasteiger charge is -2.46. The SMILES string of the molecule is CN(CCF)Cc1cc(N(C)C)c2c(c1O)C(O)=C1C(=O)C3C(=O)C(C(N)=O)=C(O)C(N(C)C)C3CC1C2. The van der Waals surface area contributed by atoms with Crippen LogP contribution in [0.1, 0.15) is 23.1 Å². The number of hydrogen-bond donors (Lipinski definition) is 4. The monoisotopic (exact) mass is 530 g/mol. The summed E-state index contributed by atoms with van der Waals surface area (Å²) in [5, 5.41) is 33.6. The average molecular weight is 531 g/mol. The standard InChI is InChI=1S/C27H35FN4O6/c1-30(2)16-10-13(11-32(5)7-6-28)22(33)18-14(16)8-12-9-15-19(24(35)17(12)23(18)34)25(36)20(27(29)38)26(37)21(15)31(3)4/h10,12,15,19,21,33-34,37H,6-9,11H2,1-5H3,(H2,29,38). The number of nitrogens with zero attached hydrogens (tertiary/aromatic N) is 3. The van der Waals surface area contributed by atoms with Crippen LogP contribution in [0.3, 0.4) is 0 Å². The number of Topliss-reactive ketones (excluding diaryl/α,β-unsaturated/α-hetero) is 2. The highest BCUT2D eigenvalue weighted by molar-refractivity contribution is 6.28. The highest BCUT2D eigenvalue weighted by Crippen LogP contribution is 2.52. The molecular formula is C27H35FN4O6. The minimum absolute atomic E-state index is 0.0316. The summed E-state index contributed by atoms with van der Waals surface area (Å²) in [6, 6.07) is 1.01. The summed E-state index contributed by atoms with van der Waals surface area (Å²) in [4.78, 5) is 44.5. The molecule has 0 heterocycles. The number of phenolic OH excluding ortho intramolecular Hbond substituents is 1. The van der Waals surface area contributed by atoms with Gasteiger partial charge in [0.2, 0.25) is 0 Å². The number of hydrogen-bond acceptors (Lipinski definition) is 9. The van der Waals surface area contributed by atoms with Crippen LogP contribution < -0.4 is 10.6 Å². The largest absolute Gasteiger partial charge is 0.510 e. The summed E-state index contributed by atoms with van der Waals surface area (Å²) in [7, 11) is 8.73. The van der Waals surface area contributed by atoms with Gasteiger partial charge in [0.05, 0.1) is 17.5 Å². The first-order valence-electron chi connectivity index (χ1n) is 12.5.